The average Bonchev–Trinajstić information content (AvgIpc) is 3.07. The predicted octanol–water partition coefficient (Wildman–Crippen LogP) is 7.11. The molecule has 1 rings (SSSR count). The van der Waals surface area contributed by atoms with Crippen molar-refractivity contribution in [2.24, 2.45) is 11.8 Å². The molecule has 0 aromatic heterocycles. The molecule has 2 nitrogen and oxygen atoms in total. The molecule has 2 heteroatoms. The number of rotatable bonds is 15. The molecule has 1 saturated heterocycles. The topological polar surface area (TPSA) is 18.5 Å². The standard InChI is InChI=1S/C22H44O2/c1-5-9-13-17-20(16-12-8-4)22-21(23-18-24-22)19(14-10-6-2)15-11-7-3/h19-22H,5-18H2,1-4H3. The summed E-state index contributed by atoms with van der Waals surface area (Å²) in [5.74, 6) is 1.41. The summed E-state index contributed by atoms with van der Waals surface area (Å²) in [6.07, 6.45) is 17.9. The fourth-order valence-electron chi connectivity index (χ4n) is 4.20. The predicted molar refractivity (Wildman–Crippen MR) is 104 cm³/mol. The molecule has 1 heterocycles. The Hall–Kier alpha value is -0.0800. The first-order valence-electron chi connectivity index (χ1n) is 11.0. The maximum absolute atomic E-state index is 6.17. The number of ether oxygens (including phenoxy) is 2. The van der Waals surface area contributed by atoms with E-state index in [4.69, 9.17) is 9.47 Å². The molecule has 1 aliphatic rings. The zero-order chi connectivity index (χ0) is 17.6. The normalized spacial score (nSPS) is 22.4. The van der Waals surface area contributed by atoms with E-state index in [0.29, 0.717) is 30.8 Å². The van der Waals surface area contributed by atoms with Crippen molar-refractivity contribution in [3.05, 3.63) is 0 Å². The van der Waals surface area contributed by atoms with E-state index < -0.39 is 0 Å². The fourth-order valence-corrected chi connectivity index (χ4v) is 4.20. The van der Waals surface area contributed by atoms with Gasteiger partial charge in [-0.1, -0.05) is 85.5 Å². The minimum absolute atomic E-state index is 0.353. The molecule has 144 valence electrons. The van der Waals surface area contributed by atoms with Crippen LogP contribution in [0.15, 0.2) is 0 Å². The van der Waals surface area contributed by atoms with Gasteiger partial charge in [0.05, 0.1) is 12.2 Å². The van der Waals surface area contributed by atoms with E-state index in [1.54, 1.807) is 0 Å². The second kappa shape index (κ2) is 14.1. The Labute approximate surface area is 152 Å². The molecule has 0 radical (unpaired) electrons. The average molecular weight is 341 g/mol. The lowest BCUT2D eigenvalue weighted by Crippen LogP contribution is -2.37. The van der Waals surface area contributed by atoms with E-state index >= 15 is 0 Å². The smallest absolute Gasteiger partial charge is 0.147 e. The third-order valence-electron chi connectivity index (χ3n) is 5.74. The van der Waals surface area contributed by atoms with Gasteiger partial charge in [-0.15, -0.1) is 0 Å². The second-order valence-electron chi connectivity index (χ2n) is 7.82. The summed E-state index contributed by atoms with van der Waals surface area (Å²) in [5.41, 5.74) is 0. The first kappa shape index (κ1) is 22.0. The lowest BCUT2D eigenvalue weighted by atomic mass is 9.80. The molecule has 0 aromatic carbocycles. The highest BCUT2D eigenvalue weighted by Crippen LogP contribution is 2.36. The summed E-state index contributed by atoms with van der Waals surface area (Å²) in [6, 6.07) is 0. The summed E-state index contributed by atoms with van der Waals surface area (Å²) in [7, 11) is 0. The van der Waals surface area contributed by atoms with Gasteiger partial charge in [0.1, 0.15) is 6.79 Å². The van der Waals surface area contributed by atoms with Crippen LogP contribution in [0.2, 0.25) is 0 Å². The summed E-state index contributed by atoms with van der Waals surface area (Å²) in [4.78, 5) is 0. The lowest BCUT2D eigenvalue weighted by molar-refractivity contribution is 0.0206. The van der Waals surface area contributed by atoms with E-state index in [-0.39, 0.29) is 0 Å². The molecule has 3 atom stereocenters. The van der Waals surface area contributed by atoms with Crippen LogP contribution in [0.3, 0.4) is 0 Å². The van der Waals surface area contributed by atoms with Crippen molar-refractivity contribution in [3.63, 3.8) is 0 Å². The molecule has 0 aliphatic carbocycles. The highest BCUT2D eigenvalue weighted by atomic mass is 16.7. The van der Waals surface area contributed by atoms with Crippen LogP contribution >= 0.6 is 0 Å². The van der Waals surface area contributed by atoms with Crippen LogP contribution < -0.4 is 0 Å². The molecule has 0 saturated carbocycles. The van der Waals surface area contributed by atoms with E-state index in [2.05, 4.69) is 27.7 Å². The molecule has 0 spiro atoms. The monoisotopic (exact) mass is 340 g/mol. The SMILES string of the molecule is CCCCCC(CCCC)C1OCOC1C(CCCC)CCCC. The lowest BCUT2D eigenvalue weighted by Gasteiger charge is -2.31. The van der Waals surface area contributed by atoms with Crippen molar-refractivity contribution < 1.29 is 9.47 Å². The quantitative estimate of drug-likeness (QED) is 0.296. The highest BCUT2D eigenvalue weighted by Gasteiger charge is 2.39. The van der Waals surface area contributed by atoms with Gasteiger partial charge in [-0.3, -0.25) is 0 Å². The molecule has 3 unspecified atom stereocenters. The summed E-state index contributed by atoms with van der Waals surface area (Å²) in [5, 5.41) is 0. The zero-order valence-corrected chi connectivity index (χ0v) is 17.0. The van der Waals surface area contributed by atoms with Gasteiger partial charge in [0, 0.05) is 0 Å². The fraction of sp³-hybridized carbons (Fsp3) is 1.00. The van der Waals surface area contributed by atoms with Gasteiger partial charge in [-0.25, -0.2) is 0 Å². The Kier molecular flexibility index (Phi) is 12.9. The molecule has 0 bridgehead atoms. The molecular formula is C22H44O2. The number of hydrogen-bond donors (Lipinski definition) is 0. The largest absolute Gasteiger partial charge is 0.349 e. The van der Waals surface area contributed by atoms with E-state index in [0.717, 1.165) is 0 Å². The van der Waals surface area contributed by atoms with E-state index in [1.165, 1.54) is 83.5 Å². The molecule has 0 N–H and O–H groups in total. The highest BCUT2D eigenvalue weighted by molar-refractivity contribution is 4.86. The molecule has 0 aromatic rings. The zero-order valence-electron chi connectivity index (χ0n) is 17.0. The maximum atomic E-state index is 6.17. The van der Waals surface area contributed by atoms with Crippen LogP contribution in [0.25, 0.3) is 0 Å². The van der Waals surface area contributed by atoms with Gasteiger partial charge in [-0.2, -0.15) is 0 Å². The van der Waals surface area contributed by atoms with Crippen LogP contribution in [0.1, 0.15) is 111 Å². The third-order valence-corrected chi connectivity index (χ3v) is 5.74. The van der Waals surface area contributed by atoms with Gasteiger partial charge in [0.15, 0.2) is 0 Å². The summed E-state index contributed by atoms with van der Waals surface area (Å²) in [6.45, 7) is 9.73. The van der Waals surface area contributed by atoms with Crippen molar-refractivity contribution in [1.82, 2.24) is 0 Å². The summed E-state index contributed by atoms with van der Waals surface area (Å²) >= 11 is 0. The Morgan fingerprint density at radius 1 is 0.583 bits per heavy atom. The van der Waals surface area contributed by atoms with Crippen LogP contribution in [0.5, 0.6) is 0 Å². The Morgan fingerprint density at radius 3 is 1.33 bits per heavy atom. The maximum Gasteiger partial charge on any atom is 0.147 e. The van der Waals surface area contributed by atoms with Gasteiger partial charge in [0.2, 0.25) is 0 Å². The van der Waals surface area contributed by atoms with Gasteiger partial charge < -0.3 is 9.47 Å². The molecular weight excluding hydrogens is 296 g/mol. The van der Waals surface area contributed by atoms with E-state index in [1.807, 2.05) is 0 Å². The Bertz CT molecular complexity index is 271. The van der Waals surface area contributed by atoms with Gasteiger partial charge >= 0.3 is 0 Å². The first-order chi connectivity index (χ1) is 11.8. The molecule has 1 aliphatic heterocycles. The van der Waals surface area contributed by atoms with Crippen molar-refractivity contribution >= 4 is 0 Å². The van der Waals surface area contributed by atoms with Crippen molar-refractivity contribution in [3.8, 4) is 0 Å². The van der Waals surface area contributed by atoms with Crippen LogP contribution in [-0.2, 0) is 9.47 Å². The van der Waals surface area contributed by atoms with Crippen molar-refractivity contribution in [2.45, 2.75) is 123 Å². The van der Waals surface area contributed by atoms with Gasteiger partial charge in [0.25, 0.3) is 0 Å². The Morgan fingerprint density at radius 2 is 0.958 bits per heavy atom. The van der Waals surface area contributed by atoms with Crippen molar-refractivity contribution in [1.29, 1.82) is 0 Å². The molecule has 0 amide bonds. The van der Waals surface area contributed by atoms with Crippen LogP contribution in [0, 0.1) is 11.8 Å². The summed E-state index contributed by atoms with van der Waals surface area (Å²) < 4.78 is 12.3. The van der Waals surface area contributed by atoms with Crippen LogP contribution in [0.4, 0.5) is 0 Å². The van der Waals surface area contributed by atoms with E-state index in [9.17, 15) is 0 Å². The molecule has 24 heavy (non-hydrogen) atoms. The van der Waals surface area contributed by atoms with Crippen molar-refractivity contribution in [2.75, 3.05) is 6.79 Å². The minimum atomic E-state index is 0.353. The molecule has 1 fully saturated rings. The van der Waals surface area contributed by atoms with Crippen LogP contribution in [-0.4, -0.2) is 19.0 Å². The number of unbranched alkanes of at least 4 members (excludes halogenated alkanes) is 5. The minimum Gasteiger partial charge on any atom is -0.349 e. The Balaban J connectivity index is 2.69. The second-order valence-corrected chi connectivity index (χ2v) is 7.82. The van der Waals surface area contributed by atoms with Gasteiger partial charge in [-0.05, 0) is 37.5 Å². The number of hydrogen-bond acceptors (Lipinski definition) is 2. The third kappa shape index (κ3) is 7.87. The first-order valence-corrected chi connectivity index (χ1v) is 11.0.